The van der Waals surface area contributed by atoms with E-state index in [1.807, 2.05) is 6.92 Å². The molecule has 0 heterocycles. The minimum Gasteiger partial charge on any atom is -0.313 e. The first-order valence-corrected chi connectivity index (χ1v) is 6.80. The lowest BCUT2D eigenvalue weighted by atomic mass is 10.2. The maximum absolute atomic E-state index is 11.5. The van der Waals surface area contributed by atoms with Gasteiger partial charge in [0.25, 0.3) is 0 Å². The van der Waals surface area contributed by atoms with Crippen molar-refractivity contribution in [2.45, 2.75) is 18.4 Å². The molecule has 1 rings (SSSR count). The molecule has 6 heteroatoms. The molecule has 0 fully saturated rings. The van der Waals surface area contributed by atoms with Crippen LogP contribution in [0.4, 0.5) is 0 Å². The predicted octanol–water partition coefficient (Wildman–Crippen LogP) is 1.36. The number of benzene rings is 1. The molecular weight excluding hydrogens is 248 g/mol. The van der Waals surface area contributed by atoms with E-state index in [0.717, 1.165) is 12.1 Å². The van der Waals surface area contributed by atoms with Crippen LogP contribution >= 0.6 is 11.6 Å². The fraction of sp³-hybridized carbons (Fsp3) is 0.400. The zero-order chi connectivity index (χ0) is 12.2. The number of hydrogen-bond donors (Lipinski definition) is 2. The van der Waals surface area contributed by atoms with Gasteiger partial charge in [0.15, 0.2) is 0 Å². The van der Waals surface area contributed by atoms with E-state index >= 15 is 0 Å². The molecule has 1 aromatic carbocycles. The molecule has 0 aliphatic heterocycles. The van der Waals surface area contributed by atoms with Gasteiger partial charge in [-0.1, -0.05) is 24.6 Å². The van der Waals surface area contributed by atoms with Crippen molar-refractivity contribution in [2.24, 2.45) is 0 Å². The zero-order valence-electron chi connectivity index (χ0n) is 9.25. The van der Waals surface area contributed by atoms with Crippen LogP contribution in [0, 0.1) is 0 Å². The number of nitrogens with one attached hydrogen (secondary N) is 2. The first-order chi connectivity index (χ1) is 7.51. The Kier molecular flexibility index (Phi) is 4.73. The van der Waals surface area contributed by atoms with E-state index in [1.165, 1.54) is 13.1 Å². The van der Waals surface area contributed by atoms with Crippen molar-refractivity contribution in [1.82, 2.24) is 10.0 Å². The second-order valence-corrected chi connectivity index (χ2v) is 5.53. The van der Waals surface area contributed by atoms with Gasteiger partial charge in [-0.05, 0) is 31.3 Å². The van der Waals surface area contributed by atoms with E-state index in [1.54, 1.807) is 12.1 Å². The third kappa shape index (κ3) is 3.18. The average Bonchev–Trinajstić information content (AvgIpc) is 2.27. The minimum atomic E-state index is -3.41. The number of sulfonamides is 1. The van der Waals surface area contributed by atoms with Crippen LogP contribution in [0.25, 0.3) is 0 Å². The largest absolute Gasteiger partial charge is 0.313 e. The molecule has 0 aliphatic rings. The SMILES string of the molecule is CCNCc1ccc(S(=O)(=O)NC)cc1Cl. The zero-order valence-corrected chi connectivity index (χ0v) is 10.8. The van der Waals surface area contributed by atoms with Crippen LogP contribution < -0.4 is 10.0 Å². The summed E-state index contributed by atoms with van der Waals surface area (Å²) >= 11 is 6.00. The van der Waals surface area contributed by atoms with Gasteiger partial charge in [0.1, 0.15) is 0 Å². The summed E-state index contributed by atoms with van der Waals surface area (Å²) in [7, 11) is -2.04. The second kappa shape index (κ2) is 5.63. The molecule has 0 saturated carbocycles. The Morgan fingerprint density at radius 3 is 2.56 bits per heavy atom. The summed E-state index contributed by atoms with van der Waals surface area (Å²) in [6.45, 7) is 3.47. The van der Waals surface area contributed by atoms with Gasteiger partial charge in [0.2, 0.25) is 10.0 Å². The summed E-state index contributed by atoms with van der Waals surface area (Å²) in [6, 6.07) is 4.72. The molecule has 0 aliphatic carbocycles. The summed E-state index contributed by atoms with van der Waals surface area (Å²) in [5, 5.41) is 3.58. The highest BCUT2D eigenvalue weighted by Gasteiger charge is 2.12. The van der Waals surface area contributed by atoms with Gasteiger partial charge >= 0.3 is 0 Å². The lowest BCUT2D eigenvalue weighted by molar-refractivity contribution is 0.588. The highest BCUT2D eigenvalue weighted by Crippen LogP contribution is 2.20. The van der Waals surface area contributed by atoms with Crippen LogP contribution in [0.5, 0.6) is 0 Å². The maximum Gasteiger partial charge on any atom is 0.240 e. The van der Waals surface area contributed by atoms with Crippen molar-refractivity contribution in [3.8, 4) is 0 Å². The third-order valence-corrected chi connectivity index (χ3v) is 3.93. The molecule has 0 amide bonds. The van der Waals surface area contributed by atoms with E-state index in [4.69, 9.17) is 11.6 Å². The molecule has 0 aromatic heterocycles. The standard InChI is InChI=1S/C10H15ClN2O2S/c1-3-13-7-8-4-5-9(6-10(8)11)16(14,15)12-2/h4-6,12-13H,3,7H2,1-2H3. The summed E-state index contributed by atoms with van der Waals surface area (Å²) in [4.78, 5) is 0.181. The van der Waals surface area contributed by atoms with E-state index in [9.17, 15) is 8.42 Å². The highest BCUT2D eigenvalue weighted by atomic mass is 35.5. The Labute approximate surface area is 101 Å². The molecular formula is C10H15ClN2O2S. The predicted molar refractivity (Wildman–Crippen MR) is 65.1 cm³/mol. The average molecular weight is 263 g/mol. The van der Waals surface area contributed by atoms with Gasteiger partial charge < -0.3 is 5.32 Å². The lowest BCUT2D eigenvalue weighted by Crippen LogP contribution is -2.19. The van der Waals surface area contributed by atoms with Crippen molar-refractivity contribution in [1.29, 1.82) is 0 Å². The number of halogens is 1. The van der Waals surface area contributed by atoms with E-state index in [2.05, 4.69) is 10.0 Å². The van der Waals surface area contributed by atoms with Crippen LogP contribution in [-0.4, -0.2) is 22.0 Å². The van der Waals surface area contributed by atoms with Gasteiger partial charge in [-0.2, -0.15) is 0 Å². The van der Waals surface area contributed by atoms with Gasteiger partial charge in [-0.3, -0.25) is 0 Å². The third-order valence-electron chi connectivity index (χ3n) is 2.17. The fourth-order valence-corrected chi connectivity index (χ4v) is 2.28. The van der Waals surface area contributed by atoms with Crippen molar-refractivity contribution in [3.63, 3.8) is 0 Å². The Morgan fingerprint density at radius 1 is 1.38 bits per heavy atom. The molecule has 0 atom stereocenters. The number of hydrogen-bond acceptors (Lipinski definition) is 3. The summed E-state index contributed by atoms with van der Waals surface area (Å²) < 4.78 is 25.2. The maximum atomic E-state index is 11.5. The Balaban J connectivity index is 3.00. The molecule has 16 heavy (non-hydrogen) atoms. The van der Waals surface area contributed by atoms with Gasteiger partial charge in [0, 0.05) is 11.6 Å². The molecule has 90 valence electrons. The molecule has 1 aromatic rings. The number of rotatable bonds is 5. The molecule has 0 spiro atoms. The van der Waals surface area contributed by atoms with E-state index in [0.29, 0.717) is 11.6 Å². The van der Waals surface area contributed by atoms with Crippen LogP contribution in [-0.2, 0) is 16.6 Å². The molecule has 0 radical (unpaired) electrons. The van der Waals surface area contributed by atoms with Gasteiger partial charge in [-0.25, -0.2) is 13.1 Å². The summed E-state index contributed by atoms with van der Waals surface area (Å²) in [5.41, 5.74) is 0.888. The molecule has 2 N–H and O–H groups in total. The Hall–Kier alpha value is -0.620. The van der Waals surface area contributed by atoms with Crippen LogP contribution in [0.15, 0.2) is 23.1 Å². The van der Waals surface area contributed by atoms with Crippen molar-refractivity contribution in [3.05, 3.63) is 28.8 Å². The summed E-state index contributed by atoms with van der Waals surface area (Å²) in [5.74, 6) is 0. The summed E-state index contributed by atoms with van der Waals surface area (Å²) in [6.07, 6.45) is 0. The van der Waals surface area contributed by atoms with E-state index in [-0.39, 0.29) is 4.90 Å². The second-order valence-electron chi connectivity index (χ2n) is 3.24. The Bertz CT molecular complexity index is 460. The monoisotopic (exact) mass is 262 g/mol. The lowest BCUT2D eigenvalue weighted by Gasteiger charge is -2.07. The van der Waals surface area contributed by atoms with Crippen molar-refractivity contribution in [2.75, 3.05) is 13.6 Å². The van der Waals surface area contributed by atoms with Crippen LogP contribution in [0.1, 0.15) is 12.5 Å². The van der Waals surface area contributed by atoms with Gasteiger partial charge in [-0.15, -0.1) is 0 Å². The quantitative estimate of drug-likeness (QED) is 0.842. The topological polar surface area (TPSA) is 58.2 Å². The van der Waals surface area contributed by atoms with Crippen LogP contribution in [0.2, 0.25) is 5.02 Å². The first-order valence-electron chi connectivity index (χ1n) is 4.94. The van der Waals surface area contributed by atoms with E-state index < -0.39 is 10.0 Å². The molecule has 4 nitrogen and oxygen atoms in total. The molecule has 0 unspecified atom stereocenters. The fourth-order valence-electron chi connectivity index (χ4n) is 1.22. The minimum absolute atomic E-state index is 0.181. The van der Waals surface area contributed by atoms with Crippen molar-refractivity contribution < 1.29 is 8.42 Å². The van der Waals surface area contributed by atoms with Crippen LogP contribution in [0.3, 0.4) is 0 Å². The highest BCUT2D eigenvalue weighted by molar-refractivity contribution is 7.89. The molecule has 0 bridgehead atoms. The normalized spacial score (nSPS) is 11.7. The molecule has 0 saturated heterocycles. The van der Waals surface area contributed by atoms with Crippen molar-refractivity contribution >= 4 is 21.6 Å². The first kappa shape index (κ1) is 13.4. The smallest absolute Gasteiger partial charge is 0.240 e. The van der Waals surface area contributed by atoms with Gasteiger partial charge in [0.05, 0.1) is 4.90 Å². The Morgan fingerprint density at radius 2 is 2.06 bits per heavy atom.